The van der Waals surface area contributed by atoms with Gasteiger partial charge in [-0.2, -0.15) is 5.26 Å². The molecule has 1 nitrogen and oxygen atoms in total. The fourth-order valence-corrected chi connectivity index (χ4v) is 7.41. The predicted molar refractivity (Wildman–Crippen MR) is 115 cm³/mol. The van der Waals surface area contributed by atoms with Gasteiger partial charge < -0.3 is 0 Å². The van der Waals surface area contributed by atoms with Gasteiger partial charge in [0, 0.05) is 6.42 Å². The third kappa shape index (κ3) is 3.98. The molecule has 0 saturated carbocycles. The van der Waals surface area contributed by atoms with Crippen LogP contribution in [0.25, 0.3) is 0 Å². The van der Waals surface area contributed by atoms with E-state index < -0.39 is 6.89 Å². The maximum absolute atomic E-state index is 8.81. The molecule has 0 amide bonds. The highest BCUT2D eigenvalue weighted by molar-refractivity contribution is 7.94. The molecular weight excluding hydrogens is 333 g/mol. The average Bonchev–Trinajstić information content (AvgIpc) is 2.73. The Morgan fingerprint density at radius 3 is 1.46 bits per heavy atom. The third-order valence-electron chi connectivity index (χ3n) is 4.64. The van der Waals surface area contributed by atoms with Crippen LogP contribution in [0.5, 0.6) is 0 Å². The Balaban J connectivity index is 2.19. The molecule has 0 unspecified atom stereocenters. The summed E-state index contributed by atoms with van der Waals surface area (Å²) in [4.78, 5) is 0. The molecule has 3 aromatic carbocycles. The van der Waals surface area contributed by atoms with Gasteiger partial charge in [-0.25, -0.2) is 0 Å². The van der Waals surface area contributed by atoms with Crippen molar-refractivity contribution < 1.29 is 0 Å². The highest BCUT2D eigenvalue weighted by Crippen LogP contribution is 2.44. The summed E-state index contributed by atoms with van der Waals surface area (Å²) in [6, 6.07) is 34.9. The summed E-state index contributed by atoms with van der Waals surface area (Å²) < 4.78 is 0. The van der Waals surface area contributed by atoms with E-state index in [-0.39, 0.29) is 0 Å². The molecular formula is C24H24NP. The average molecular weight is 357 g/mol. The maximum atomic E-state index is 8.81. The van der Waals surface area contributed by atoms with E-state index in [1.54, 1.807) is 0 Å². The number of unbranched alkanes of at least 4 members (excludes halogenated alkanes) is 3. The van der Waals surface area contributed by atoms with E-state index in [9.17, 15) is 0 Å². The minimum atomic E-state index is -1.81. The van der Waals surface area contributed by atoms with Gasteiger partial charge in [0.25, 0.3) is 0 Å². The van der Waals surface area contributed by atoms with Crippen molar-refractivity contribution in [2.45, 2.75) is 25.7 Å². The Morgan fingerprint density at radius 1 is 0.654 bits per heavy atom. The fourth-order valence-electron chi connectivity index (χ4n) is 3.39. The van der Waals surface area contributed by atoms with Crippen LogP contribution >= 0.6 is 6.89 Å². The first-order valence-electron chi connectivity index (χ1n) is 9.15. The smallest absolute Gasteiger partial charge is 0.0621 e. The van der Waals surface area contributed by atoms with Crippen molar-refractivity contribution in [3.63, 3.8) is 0 Å². The van der Waals surface area contributed by atoms with Crippen molar-refractivity contribution in [1.82, 2.24) is 0 Å². The van der Waals surface area contributed by atoms with Crippen LogP contribution in [0.3, 0.4) is 0 Å². The molecule has 3 rings (SSSR count). The third-order valence-corrected chi connectivity index (χ3v) is 8.78. The second-order valence-corrected chi connectivity index (χ2v) is 9.68. The number of nitrogens with zero attached hydrogens (tertiary/aromatic N) is 1. The molecule has 0 aliphatic carbocycles. The number of nitriles is 1. The van der Waals surface area contributed by atoms with Crippen LogP contribution in [0.1, 0.15) is 25.7 Å². The number of hydrogen-bond acceptors (Lipinski definition) is 1. The van der Waals surface area contributed by atoms with Crippen molar-refractivity contribution in [3.05, 3.63) is 91.0 Å². The molecule has 0 atom stereocenters. The summed E-state index contributed by atoms with van der Waals surface area (Å²) in [5.74, 6) is 2.55. The molecule has 0 N–H and O–H groups in total. The maximum Gasteiger partial charge on any atom is 0.0621 e. The van der Waals surface area contributed by atoms with Crippen molar-refractivity contribution in [2.75, 3.05) is 0 Å². The number of hydrogen-bond donors (Lipinski definition) is 0. The zero-order chi connectivity index (χ0) is 18.1. The van der Waals surface area contributed by atoms with Crippen LogP contribution in [-0.4, -0.2) is 5.80 Å². The lowest BCUT2D eigenvalue weighted by molar-refractivity contribution is 0.792. The van der Waals surface area contributed by atoms with E-state index in [4.69, 9.17) is 5.26 Å². The van der Waals surface area contributed by atoms with Gasteiger partial charge in [0.2, 0.25) is 0 Å². The first-order valence-corrected chi connectivity index (χ1v) is 11.0. The van der Waals surface area contributed by atoms with Gasteiger partial charge in [-0.05, 0) is 42.1 Å². The molecule has 2 heteroatoms. The number of rotatable bonds is 7. The first-order chi connectivity index (χ1) is 12.9. The second kappa shape index (κ2) is 9.23. The van der Waals surface area contributed by atoms with E-state index in [1.807, 2.05) is 0 Å². The van der Waals surface area contributed by atoms with Gasteiger partial charge in [0.05, 0.1) is 6.07 Å². The highest BCUT2D eigenvalue weighted by atomic mass is 31.2. The van der Waals surface area contributed by atoms with E-state index in [1.165, 1.54) is 15.9 Å². The topological polar surface area (TPSA) is 23.8 Å². The van der Waals surface area contributed by atoms with E-state index in [2.05, 4.69) is 103 Å². The van der Waals surface area contributed by atoms with Gasteiger partial charge in [0.15, 0.2) is 0 Å². The Morgan fingerprint density at radius 2 is 1.08 bits per heavy atom. The SMILES string of the molecule is N#CCCCCC=P(c1ccccc1)(c1ccccc1)c1ccccc1. The lowest BCUT2D eigenvalue weighted by atomic mass is 10.2. The Labute approximate surface area is 156 Å². The zero-order valence-corrected chi connectivity index (χ0v) is 15.9. The van der Waals surface area contributed by atoms with Gasteiger partial charge in [-0.1, -0.05) is 96.8 Å². The molecule has 0 aromatic heterocycles. The molecule has 0 bridgehead atoms. The molecule has 0 aliphatic rings. The fraction of sp³-hybridized carbons (Fsp3) is 0.167. The van der Waals surface area contributed by atoms with Crippen molar-refractivity contribution in [1.29, 1.82) is 5.26 Å². The predicted octanol–water partition coefficient (Wildman–Crippen LogP) is 4.87. The molecule has 0 fully saturated rings. The minimum Gasteiger partial charge on any atom is -0.198 e. The lowest BCUT2D eigenvalue weighted by Crippen LogP contribution is -2.26. The van der Waals surface area contributed by atoms with Gasteiger partial charge in [-0.3, -0.25) is 0 Å². The van der Waals surface area contributed by atoms with Crippen molar-refractivity contribution >= 4 is 28.6 Å². The molecule has 26 heavy (non-hydrogen) atoms. The first kappa shape index (κ1) is 18.2. The van der Waals surface area contributed by atoms with Crippen LogP contribution in [0.15, 0.2) is 91.0 Å². The largest absolute Gasteiger partial charge is 0.198 e. The summed E-state index contributed by atoms with van der Waals surface area (Å²) >= 11 is 0. The summed E-state index contributed by atoms with van der Waals surface area (Å²) in [7, 11) is 0. The monoisotopic (exact) mass is 357 g/mol. The Kier molecular flexibility index (Phi) is 6.48. The molecule has 0 saturated heterocycles. The van der Waals surface area contributed by atoms with Gasteiger partial charge >= 0.3 is 0 Å². The summed E-state index contributed by atoms with van der Waals surface area (Å²) in [6.45, 7) is -1.81. The van der Waals surface area contributed by atoms with E-state index in [0.29, 0.717) is 6.42 Å². The van der Waals surface area contributed by atoms with E-state index in [0.717, 1.165) is 19.3 Å². The van der Waals surface area contributed by atoms with Crippen LogP contribution in [0.4, 0.5) is 0 Å². The van der Waals surface area contributed by atoms with Crippen molar-refractivity contribution in [2.24, 2.45) is 0 Å². The second-order valence-electron chi connectivity index (χ2n) is 6.32. The minimum absolute atomic E-state index is 0.640. The zero-order valence-electron chi connectivity index (χ0n) is 15.0. The molecule has 0 radical (unpaired) electrons. The molecule has 0 spiro atoms. The molecule has 3 aromatic rings. The summed E-state index contributed by atoms with van der Waals surface area (Å²) in [6.07, 6.45) is 3.68. The quantitative estimate of drug-likeness (QED) is 0.437. The van der Waals surface area contributed by atoms with Crippen molar-refractivity contribution in [3.8, 4) is 6.07 Å². The normalized spacial score (nSPS) is 10.9. The van der Waals surface area contributed by atoms with Crippen LogP contribution in [0, 0.1) is 11.3 Å². The molecule has 0 aliphatic heterocycles. The standard InChI is InChI=1S/C24H24NP/c25-20-12-1-2-13-21-26(22-14-6-3-7-15-22,23-16-8-4-9-17-23)24-18-10-5-11-19-24/h3-11,14-19,21H,1-2,12-13H2. The molecule has 130 valence electrons. The van der Waals surface area contributed by atoms with Gasteiger partial charge in [-0.15, -0.1) is 0 Å². The van der Waals surface area contributed by atoms with Crippen LogP contribution in [-0.2, 0) is 0 Å². The van der Waals surface area contributed by atoms with E-state index >= 15 is 0 Å². The van der Waals surface area contributed by atoms with Crippen LogP contribution in [0.2, 0.25) is 0 Å². The summed E-state index contributed by atoms with van der Waals surface area (Å²) in [5.41, 5.74) is 0. The molecule has 0 heterocycles. The Bertz CT molecular complexity index is 790. The lowest BCUT2D eigenvalue weighted by Gasteiger charge is -2.29. The van der Waals surface area contributed by atoms with Gasteiger partial charge in [0.1, 0.15) is 0 Å². The summed E-state index contributed by atoms with van der Waals surface area (Å²) in [5, 5.41) is 13.0. The van der Waals surface area contributed by atoms with Crippen LogP contribution < -0.4 is 15.9 Å². The highest BCUT2D eigenvalue weighted by Gasteiger charge is 2.24. The number of benzene rings is 3. The Hall–Kier alpha value is -2.55.